The molecule has 1 saturated heterocycles. The van der Waals surface area contributed by atoms with Crippen LogP contribution < -0.4 is 5.32 Å². The Kier molecular flexibility index (Phi) is 4.31. The van der Waals surface area contributed by atoms with Crippen molar-refractivity contribution >= 4 is 17.1 Å². The SMILES string of the molecule is CCCNC1COCC1C(=O)c1sccc1C. The molecule has 1 N–H and O–H groups in total. The van der Waals surface area contributed by atoms with E-state index in [4.69, 9.17) is 4.74 Å². The fourth-order valence-corrected chi connectivity index (χ4v) is 3.07. The van der Waals surface area contributed by atoms with Crippen LogP contribution in [0.3, 0.4) is 0 Å². The predicted octanol–water partition coefficient (Wildman–Crippen LogP) is 2.25. The molecule has 4 heteroatoms. The maximum absolute atomic E-state index is 12.4. The molecule has 1 fully saturated rings. The van der Waals surface area contributed by atoms with Gasteiger partial charge in [-0.25, -0.2) is 0 Å². The van der Waals surface area contributed by atoms with E-state index in [0.29, 0.717) is 13.2 Å². The van der Waals surface area contributed by atoms with Crippen LogP contribution in [0.1, 0.15) is 28.6 Å². The van der Waals surface area contributed by atoms with Gasteiger partial charge in [0.1, 0.15) is 0 Å². The summed E-state index contributed by atoms with van der Waals surface area (Å²) in [5, 5.41) is 5.38. The number of ether oxygens (including phenoxy) is 1. The fourth-order valence-electron chi connectivity index (χ4n) is 2.14. The number of hydrogen-bond donors (Lipinski definition) is 1. The molecule has 0 aliphatic carbocycles. The highest BCUT2D eigenvalue weighted by Crippen LogP contribution is 2.24. The van der Waals surface area contributed by atoms with Crippen molar-refractivity contribution in [2.75, 3.05) is 19.8 Å². The summed E-state index contributed by atoms with van der Waals surface area (Å²) in [5.74, 6) is 0.225. The minimum Gasteiger partial charge on any atom is -0.379 e. The Morgan fingerprint density at radius 3 is 3.06 bits per heavy atom. The van der Waals surface area contributed by atoms with E-state index in [2.05, 4.69) is 12.2 Å². The topological polar surface area (TPSA) is 38.3 Å². The molecule has 2 heterocycles. The second kappa shape index (κ2) is 5.76. The summed E-state index contributed by atoms with van der Waals surface area (Å²) in [4.78, 5) is 13.3. The second-order valence-corrected chi connectivity index (χ2v) is 5.42. The third-order valence-electron chi connectivity index (χ3n) is 3.16. The normalized spacial score (nSPS) is 24.1. The van der Waals surface area contributed by atoms with Crippen LogP contribution in [0.2, 0.25) is 0 Å². The Morgan fingerprint density at radius 2 is 2.41 bits per heavy atom. The molecule has 1 aliphatic rings. The van der Waals surface area contributed by atoms with Gasteiger partial charge in [-0.1, -0.05) is 6.92 Å². The van der Waals surface area contributed by atoms with Crippen LogP contribution >= 0.6 is 11.3 Å². The minimum absolute atomic E-state index is 0.0149. The number of carbonyl (C=O) groups excluding carboxylic acids is 1. The van der Waals surface area contributed by atoms with Crippen LogP contribution in [0, 0.1) is 12.8 Å². The van der Waals surface area contributed by atoms with Crippen LogP contribution in [0.15, 0.2) is 11.4 Å². The summed E-state index contributed by atoms with van der Waals surface area (Å²) in [5.41, 5.74) is 1.08. The van der Waals surface area contributed by atoms with Gasteiger partial charge in [-0.15, -0.1) is 11.3 Å². The van der Waals surface area contributed by atoms with Gasteiger partial charge >= 0.3 is 0 Å². The van der Waals surface area contributed by atoms with Gasteiger partial charge in [-0.05, 0) is 36.9 Å². The maximum atomic E-state index is 12.4. The average Bonchev–Trinajstić information content (AvgIpc) is 2.94. The molecule has 1 aliphatic heterocycles. The van der Waals surface area contributed by atoms with Gasteiger partial charge in [0.25, 0.3) is 0 Å². The van der Waals surface area contributed by atoms with Gasteiger partial charge in [-0.2, -0.15) is 0 Å². The molecule has 0 saturated carbocycles. The number of aryl methyl sites for hydroxylation is 1. The summed E-state index contributed by atoms with van der Waals surface area (Å²) >= 11 is 1.54. The number of thiophene rings is 1. The standard InChI is InChI=1S/C13H19NO2S/c1-3-5-14-11-8-16-7-10(11)12(15)13-9(2)4-6-17-13/h4,6,10-11,14H,3,5,7-8H2,1-2H3. The average molecular weight is 253 g/mol. The van der Waals surface area contributed by atoms with Crippen LogP contribution in [-0.4, -0.2) is 31.6 Å². The molecule has 0 amide bonds. The van der Waals surface area contributed by atoms with Crippen molar-refractivity contribution in [1.29, 1.82) is 0 Å². The Morgan fingerprint density at radius 1 is 1.59 bits per heavy atom. The lowest BCUT2D eigenvalue weighted by molar-refractivity contribution is 0.0895. The smallest absolute Gasteiger partial charge is 0.180 e. The van der Waals surface area contributed by atoms with Crippen molar-refractivity contribution in [3.8, 4) is 0 Å². The van der Waals surface area contributed by atoms with E-state index in [-0.39, 0.29) is 17.7 Å². The summed E-state index contributed by atoms with van der Waals surface area (Å²) in [6, 6.07) is 2.19. The van der Waals surface area contributed by atoms with Crippen molar-refractivity contribution in [2.45, 2.75) is 26.3 Å². The van der Waals surface area contributed by atoms with Gasteiger partial charge in [0.2, 0.25) is 0 Å². The molecule has 17 heavy (non-hydrogen) atoms. The Labute approximate surface area is 106 Å². The molecular formula is C13H19NO2S. The summed E-state index contributed by atoms with van der Waals surface area (Å²) in [6.45, 7) is 6.27. The van der Waals surface area contributed by atoms with E-state index >= 15 is 0 Å². The van der Waals surface area contributed by atoms with Crippen molar-refractivity contribution in [2.24, 2.45) is 5.92 Å². The Bertz CT molecular complexity index is 389. The van der Waals surface area contributed by atoms with Gasteiger partial charge in [0.05, 0.1) is 24.0 Å². The zero-order chi connectivity index (χ0) is 12.3. The monoisotopic (exact) mass is 253 g/mol. The van der Waals surface area contributed by atoms with E-state index in [1.54, 1.807) is 0 Å². The number of Topliss-reactive ketones (excluding diaryl/α,β-unsaturated/α-hetero) is 1. The van der Waals surface area contributed by atoms with E-state index < -0.39 is 0 Å². The summed E-state index contributed by atoms with van der Waals surface area (Å²) in [7, 11) is 0. The first kappa shape index (κ1) is 12.7. The number of rotatable bonds is 5. The first-order chi connectivity index (χ1) is 8.24. The molecule has 1 aromatic heterocycles. The fraction of sp³-hybridized carbons (Fsp3) is 0.615. The van der Waals surface area contributed by atoms with Gasteiger partial charge < -0.3 is 10.1 Å². The maximum Gasteiger partial charge on any atom is 0.180 e. The highest BCUT2D eigenvalue weighted by molar-refractivity contribution is 7.12. The molecule has 1 aromatic rings. The molecular weight excluding hydrogens is 234 g/mol. The van der Waals surface area contributed by atoms with Crippen molar-refractivity contribution in [1.82, 2.24) is 5.32 Å². The summed E-state index contributed by atoms with van der Waals surface area (Å²) < 4.78 is 5.45. The van der Waals surface area contributed by atoms with E-state index in [1.165, 1.54) is 11.3 Å². The Hall–Kier alpha value is -0.710. The van der Waals surface area contributed by atoms with Crippen molar-refractivity contribution in [3.05, 3.63) is 21.9 Å². The van der Waals surface area contributed by atoms with Gasteiger partial charge in [-0.3, -0.25) is 4.79 Å². The highest BCUT2D eigenvalue weighted by Gasteiger charge is 2.34. The van der Waals surface area contributed by atoms with Crippen LogP contribution in [-0.2, 0) is 4.74 Å². The lowest BCUT2D eigenvalue weighted by Gasteiger charge is -2.17. The van der Waals surface area contributed by atoms with Crippen molar-refractivity contribution < 1.29 is 9.53 Å². The second-order valence-electron chi connectivity index (χ2n) is 4.50. The van der Waals surface area contributed by atoms with E-state index in [0.717, 1.165) is 23.4 Å². The quantitative estimate of drug-likeness (QED) is 0.818. The highest BCUT2D eigenvalue weighted by atomic mass is 32.1. The van der Waals surface area contributed by atoms with Crippen LogP contribution in [0.4, 0.5) is 0 Å². The largest absolute Gasteiger partial charge is 0.379 e. The molecule has 0 spiro atoms. The molecule has 0 radical (unpaired) electrons. The first-order valence-electron chi connectivity index (χ1n) is 6.13. The molecule has 2 rings (SSSR count). The third-order valence-corrected chi connectivity index (χ3v) is 4.19. The number of hydrogen-bond acceptors (Lipinski definition) is 4. The predicted molar refractivity (Wildman–Crippen MR) is 69.8 cm³/mol. The first-order valence-corrected chi connectivity index (χ1v) is 7.01. The lowest BCUT2D eigenvalue weighted by atomic mass is 9.96. The Balaban J connectivity index is 2.06. The van der Waals surface area contributed by atoms with Gasteiger partial charge in [0, 0.05) is 6.04 Å². The number of nitrogens with one attached hydrogen (secondary N) is 1. The number of carbonyl (C=O) groups is 1. The third kappa shape index (κ3) is 2.76. The zero-order valence-corrected chi connectivity index (χ0v) is 11.2. The molecule has 0 aromatic carbocycles. The van der Waals surface area contributed by atoms with E-state index in [9.17, 15) is 4.79 Å². The molecule has 2 unspecified atom stereocenters. The zero-order valence-electron chi connectivity index (χ0n) is 10.4. The lowest BCUT2D eigenvalue weighted by Crippen LogP contribution is -2.39. The number of ketones is 1. The van der Waals surface area contributed by atoms with E-state index in [1.807, 2.05) is 18.4 Å². The molecule has 3 nitrogen and oxygen atoms in total. The molecule has 2 atom stereocenters. The van der Waals surface area contributed by atoms with Crippen LogP contribution in [0.5, 0.6) is 0 Å². The molecule has 94 valence electrons. The van der Waals surface area contributed by atoms with Gasteiger partial charge in [0.15, 0.2) is 5.78 Å². The van der Waals surface area contributed by atoms with Crippen LogP contribution in [0.25, 0.3) is 0 Å². The van der Waals surface area contributed by atoms with Crippen molar-refractivity contribution in [3.63, 3.8) is 0 Å². The minimum atomic E-state index is -0.0149. The summed E-state index contributed by atoms with van der Waals surface area (Å²) in [6.07, 6.45) is 1.08. The molecule has 0 bridgehead atoms.